The third-order valence-electron chi connectivity index (χ3n) is 4.13. The molecule has 1 aromatic heterocycles. The molecule has 7 heteroatoms. The van der Waals surface area contributed by atoms with Crippen molar-refractivity contribution >= 4 is 17.5 Å². The Morgan fingerprint density at radius 2 is 2.33 bits per heavy atom. The second kappa shape index (κ2) is 4.74. The average Bonchev–Trinajstić information content (AvgIpc) is 3.02. The standard InChI is InChI=1S/C14H14N4O3/c1-21-12-9(7-15)10(2-4-16-12)18-5-3-14(8-18)6-11(19)17-13(14)20/h2,4H,3,5-6,8H2,1H3,(H,17,19,20)/t14-/m1/s1. The Morgan fingerprint density at radius 1 is 1.52 bits per heavy atom. The number of ether oxygens (including phenoxy) is 1. The van der Waals surface area contributed by atoms with E-state index in [9.17, 15) is 14.9 Å². The van der Waals surface area contributed by atoms with Crippen LogP contribution in [-0.4, -0.2) is 37.0 Å². The van der Waals surface area contributed by atoms with Crippen LogP contribution in [0.3, 0.4) is 0 Å². The molecule has 2 saturated heterocycles. The molecule has 2 amide bonds. The van der Waals surface area contributed by atoms with Crippen LogP contribution in [0.5, 0.6) is 5.88 Å². The van der Waals surface area contributed by atoms with Crippen molar-refractivity contribution in [2.24, 2.45) is 5.41 Å². The van der Waals surface area contributed by atoms with E-state index < -0.39 is 5.41 Å². The van der Waals surface area contributed by atoms with E-state index in [1.54, 1.807) is 12.3 Å². The molecule has 1 N–H and O–H groups in total. The molecule has 2 fully saturated rings. The molecule has 0 radical (unpaired) electrons. The highest BCUT2D eigenvalue weighted by molar-refractivity contribution is 6.06. The smallest absolute Gasteiger partial charge is 0.235 e. The summed E-state index contributed by atoms with van der Waals surface area (Å²) in [5.41, 5.74) is 0.371. The van der Waals surface area contributed by atoms with E-state index in [1.807, 2.05) is 4.90 Å². The van der Waals surface area contributed by atoms with Crippen molar-refractivity contribution < 1.29 is 14.3 Å². The summed E-state index contributed by atoms with van der Waals surface area (Å²) in [5, 5.41) is 11.7. The van der Waals surface area contributed by atoms with Gasteiger partial charge in [0.1, 0.15) is 11.6 Å². The fourth-order valence-electron chi connectivity index (χ4n) is 3.06. The van der Waals surface area contributed by atoms with E-state index in [-0.39, 0.29) is 24.1 Å². The van der Waals surface area contributed by atoms with Gasteiger partial charge in [-0.1, -0.05) is 0 Å². The number of anilines is 1. The number of methoxy groups -OCH3 is 1. The van der Waals surface area contributed by atoms with Gasteiger partial charge < -0.3 is 9.64 Å². The topological polar surface area (TPSA) is 95.3 Å². The van der Waals surface area contributed by atoms with Crippen LogP contribution >= 0.6 is 0 Å². The number of nitriles is 1. The van der Waals surface area contributed by atoms with Crippen LogP contribution in [0.4, 0.5) is 5.69 Å². The highest BCUT2D eigenvalue weighted by atomic mass is 16.5. The average molecular weight is 286 g/mol. The largest absolute Gasteiger partial charge is 0.480 e. The number of imide groups is 1. The highest BCUT2D eigenvalue weighted by Gasteiger charge is 2.51. The van der Waals surface area contributed by atoms with Crippen molar-refractivity contribution in [2.75, 3.05) is 25.1 Å². The van der Waals surface area contributed by atoms with Crippen LogP contribution in [0.1, 0.15) is 18.4 Å². The molecule has 21 heavy (non-hydrogen) atoms. The molecule has 2 aliphatic heterocycles. The maximum absolute atomic E-state index is 12.0. The quantitative estimate of drug-likeness (QED) is 0.781. The molecule has 3 rings (SSSR count). The van der Waals surface area contributed by atoms with Gasteiger partial charge in [0.15, 0.2) is 0 Å². The molecule has 0 unspecified atom stereocenters. The van der Waals surface area contributed by atoms with Gasteiger partial charge in [-0.05, 0) is 12.5 Å². The highest BCUT2D eigenvalue weighted by Crippen LogP contribution is 2.41. The monoisotopic (exact) mass is 286 g/mol. The molecule has 0 bridgehead atoms. The lowest BCUT2D eigenvalue weighted by atomic mass is 9.85. The first-order valence-corrected chi connectivity index (χ1v) is 6.62. The number of carbonyl (C=O) groups excluding carboxylic acids is 2. The number of nitrogens with one attached hydrogen (secondary N) is 1. The fourth-order valence-corrected chi connectivity index (χ4v) is 3.06. The van der Waals surface area contributed by atoms with Crippen molar-refractivity contribution in [2.45, 2.75) is 12.8 Å². The molecule has 1 atom stereocenters. The zero-order valence-corrected chi connectivity index (χ0v) is 11.5. The number of hydrogen-bond donors (Lipinski definition) is 1. The fraction of sp³-hybridized carbons (Fsp3) is 0.429. The predicted octanol–water partition coefficient (Wildman–Crippen LogP) is 0.205. The van der Waals surface area contributed by atoms with Crippen LogP contribution < -0.4 is 15.0 Å². The summed E-state index contributed by atoms with van der Waals surface area (Å²) < 4.78 is 5.10. The molecule has 7 nitrogen and oxygen atoms in total. The van der Waals surface area contributed by atoms with Gasteiger partial charge in [0, 0.05) is 25.7 Å². The van der Waals surface area contributed by atoms with E-state index in [0.29, 0.717) is 30.8 Å². The van der Waals surface area contributed by atoms with Crippen molar-refractivity contribution in [1.82, 2.24) is 10.3 Å². The number of carbonyl (C=O) groups is 2. The summed E-state index contributed by atoms with van der Waals surface area (Å²) in [6.07, 6.45) is 2.38. The maximum Gasteiger partial charge on any atom is 0.235 e. The van der Waals surface area contributed by atoms with E-state index in [4.69, 9.17) is 4.74 Å². The van der Waals surface area contributed by atoms with Gasteiger partial charge in [0.05, 0.1) is 18.2 Å². The normalized spacial score (nSPS) is 24.3. The Bertz CT molecular complexity index is 667. The third-order valence-corrected chi connectivity index (χ3v) is 4.13. The first-order valence-electron chi connectivity index (χ1n) is 6.62. The molecule has 1 spiro atoms. The van der Waals surface area contributed by atoms with Crippen LogP contribution in [0, 0.1) is 16.7 Å². The number of pyridine rings is 1. The van der Waals surface area contributed by atoms with E-state index >= 15 is 0 Å². The lowest BCUT2D eigenvalue weighted by molar-refractivity contribution is -0.127. The van der Waals surface area contributed by atoms with Gasteiger partial charge in [0.2, 0.25) is 17.7 Å². The molecular weight excluding hydrogens is 272 g/mol. The van der Waals surface area contributed by atoms with E-state index in [0.717, 1.165) is 0 Å². The molecular formula is C14H14N4O3. The molecule has 108 valence electrons. The molecule has 0 aromatic carbocycles. The predicted molar refractivity (Wildman–Crippen MR) is 72.5 cm³/mol. The Hall–Kier alpha value is -2.62. The minimum Gasteiger partial charge on any atom is -0.480 e. The van der Waals surface area contributed by atoms with Gasteiger partial charge in [-0.15, -0.1) is 0 Å². The number of nitrogens with zero attached hydrogens (tertiary/aromatic N) is 3. The van der Waals surface area contributed by atoms with Gasteiger partial charge in [-0.25, -0.2) is 4.98 Å². The summed E-state index contributed by atoms with van der Waals surface area (Å²) in [7, 11) is 1.46. The van der Waals surface area contributed by atoms with Crippen molar-refractivity contribution in [3.05, 3.63) is 17.8 Å². The Morgan fingerprint density at radius 3 is 2.95 bits per heavy atom. The Balaban J connectivity index is 1.93. The molecule has 1 aromatic rings. The van der Waals surface area contributed by atoms with Crippen LogP contribution in [0.25, 0.3) is 0 Å². The van der Waals surface area contributed by atoms with E-state index in [2.05, 4.69) is 16.4 Å². The lowest BCUT2D eigenvalue weighted by Gasteiger charge is -2.23. The SMILES string of the molecule is COc1nccc(N2CC[C@@]3(CC(=O)NC3=O)C2)c1C#N. The second-order valence-electron chi connectivity index (χ2n) is 5.33. The third kappa shape index (κ3) is 2.00. The maximum atomic E-state index is 12.0. The van der Waals surface area contributed by atoms with Gasteiger partial charge in [-0.3, -0.25) is 14.9 Å². The number of amides is 2. The molecule has 2 aliphatic rings. The van der Waals surface area contributed by atoms with Gasteiger partial charge in [0.25, 0.3) is 0 Å². The minimum absolute atomic E-state index is 0.213. The van der Waals surface area contributed by atoms with Crippen LogP contribution in [0.2, 0.25) is 0 Å². The molecule has 0 saturated carbocycles. The summed E-state index contributed by atoms with van der Waals surface area (Å²) in [4.78, 5) is 29.4. The summed E-state index contributed by atoms with van der Waals surface area (Å²) >= 11 is 0. The molecule has 3 heterocycles. The number of hydrogen-bond acceptors (Lipinski definition) is 6. The lowest BCUT2D eigenvalue weighted by Crippen LogP contribution is -2.34. The first kappa shape index (κ1) is 13.4. The van der Waals surface area contributed by atoms with Gasteiger partial charge in [-0.2, -0.15) is 5.26 Å². The van der Waals surface area contributed by atoms with Crippen molar-refractivity contribution in [3.8, 4) is 11.9 Å². The first-order chi connectivity index (χ1) is 10.1. The van der Waals surface area contributed by atoms with Crippen molar-refractivity contribution in [1.29, 1.82) is 5.26 Å². The minimum atomic E-state index is -0.666. The Kier molecular flexibility index (Phi) is 3.01. The summed E-state index contributed by atoms with van der Waals surface area (Å²) in [5.74, 6) is -0.174. The Labute approximate surface area is 121 Å². The second-order valence-corrected chi connectivity index (χ2v) is 5.33. The number of aromatic nitrogens is 1. The zero-order chi connectivity index (χ0) is 15.0. The van der Waals surface area contributed by atoms with Gasteiger partial charge >= 0.3 is 0 Å². The number of rotatable bonds is 2. The summed E-state index contributed by atoms with van der Waals surface area (Å²) in [6.45, 7) is 1.04. The zero-order valence-electron chi connectivity index (χ0n) is 11.5. The van der Waals surface area contributed by atoms with E-state index in [1.165, 1.54) is 7.11 Å². The van der Waals surface area contributed by atoms with Crippen LogP contribution in [0.15, 0.2) is 12.3 Å². The van der Waals surface area contributed by atoms with Crippen LogP contribution in [-0.2, 0) is 9.59 Å². The molecule has 0 aliphatic carbocycles. The summed E-state index contributed by atoms with van der Waals surface area (Å²) in [6, 6.07) is 3.83. The van der Waals surface area contributed by atoms with Crippen molar-refractivity contribution in [3.63, 3.8) is 0 Å².